The van der Waals surface area contributed by atoms with Crippen molar-refractivity contribution in [2.24, 2.45) is 0 Å². The van der Waals surface area contributed by atoms with E-state index in [1.165, 1.54) is 0 Å². The van der Waals surface area contributed by atoms with E-state index >= 15 is 0 Å². The average Bonchev–Trinajstić information content (AvgIpc) is 2.53. The van der Waals surface area contributed by atoms with E-state index in [1.54, 1.807) is 19.1 Å². The number of nitrogens with zero attached hydrogens (tertiary/aromatic N) is 1. The third kappa shape index (κ3) is 4.18. The van der Waals surface area contributed by atoms with E-state index in [4.69, 9.17) is 9.84 Å². The second-order valence-electron chi connectivity index (χ2n) is 5.18. The Morgan fingerprint density at radius 3 is 2.38 bits per heavy atom. The zero-order chi connectivity index (χ0) is 15.3. The molecule has 6 heteroatoms. The summed E-state index contributed by atoms with van der Waals surface area (Å²) in [5.41, 5.74) is 1.05. The molecule has 0 aliphatic carbocycles. The van der Waals surface area contributed by atoms with Gasteiger partial charge in [-0.2, -0.15) is 0 Å². The minimum Gasteiger partial charge on any atom is -0.394 e. The van der Waals surface area contributed by atoms with Gasteiger partial charge in [-0.25, -0.2) is 8.42 Å². The van der Waals surface area contributed by atoms with Crippen molar-refractivity contribution in [2.45, 2.75) is 30.8 Å². The summed E-state index contributed by atoms with van der Waals surface area (Å²) in [6.45, 7) is 3.88. The summed E-state index contributed by atoms with van der Waals surface area (Å²) in [5, 5.41) is 8.75. The predicted molar refractivity (Wildman–Crippen MR) is 82.4 cm³/mol. The van der Waals surface area contributed by atoms with Gasteiger partial charge in [0.2, 0.25) is 0 Å². The number of anilines is 1. The van der Waals surface area contributed by atoms with Gasteiger partial charge in [-0.05, 0) is 37.1 Å². The van der Waals surface area contributed by atoms with E-state index in [2.05, 4.69) is 4.90 Å². The molecule has 1 aromatic carbocycles. The van der Waals surface area contributed by atoms with Gasteiger partial charge in [-0.15, -0.1) is 0 Å². The molecule has 1 aromatic rings. The smallest absolute Gasteiger partial charge is 0.178 e. The van der Waals surface area contributed by atoms with E-state index in [1.807, 2.05) is 12.1 Å². The first-order valence-corrected chi connectivity index (χ1v) is 9.02. The van der Waals surface area contributed by atoms with Crippen molar-refractivity contribution < 1.29 is 18.3 Å². The van der Waals surface area contributed by atoms with Crippen LogP contribution >= 0.6 is 0 Å². The maximum absolute atomic E-state index is 11.8. The highest BCUT2D eigenvalue weighted by atomic mass is 32.2. The van der Waals surface area contributed by atoms with Gasteiger partial charge in [0.05, 0.1) is 30.0 Å². The maximum atomic E-state index is 11.8. The number of hydrogen-bond donors (Lipinski definition) is 1. The molecule has 5 nitrogen and oxygen atoms in total. The summed E-state index contributed by atoms with van der Waals surface area (Å²) < 4.78 is 29.1. The first kappa shape index (κ1) is 16.3. The second kappa shape index (κ2) is 7.24. The van der Waals surface area contributed by atoms with Crippen molar-refractivity contribution in [3.05, 3.63) is 24.3 Å². The molecule has 0 bridgehead atoms. The van der Waals surface area contributed by atoms with Gasteiger partial charge < -0.3 is 14.7 Å². The zero-order valence-corrected chi connectivity index (χ0v) is 13.2. The molecule has 2 rings (SSSR count). The zero-order valence-electron chi connectivity index (χ0n) is 12.4. The molecule has 1 saturated heterocycles. The molecule has 1 aliphatic rings. The topological polar surface area (TPSA) is 66.8 Å². The molecule has 1 fully saturated rings. The van der Waals surface area contributed by atoms with Crippen LogP contribution in [-0.4, -0.2) is 51.7 Å². The highest BCUT2D eigenvalue weighted by Gasteiger charge is 2.20. The minimum absolute atomic E-state index is 0.0631. The maximum Gasteiger partial charge on any atom is 0.178 e. The quantitative estimate of drug-likeness (QED) is 0.861. The molecule has 0 saturated carbocycles. The Hall–Kier alpha value is -1.11. The number of benzene rings is 1. The third-order valence-corrected chi connectivity index (χ3v) is 5.58. The molecule has 21 heavy (non-hydrogen) atoms. The molecule has 0 unspecified atom stereocenters. The lowest BCUT2D eigenvalue weighted by atomic mass is 10.1. The molecule has 0 atom stereocenters. The van der Waals surface area contributed by atoms with Gasteiger partial charge in [0.15, 0.2) is 9.84 Å². The van der Waals surface area contributed by atoms with Gasteiger partial charge in [-0.1, -0.05) is 6.92 Å². The summed E-state index contributed by atoms with van der Waals surface area (Å²) in [4.78, 5) is 2.62. The Balaban J connectivity index is 1.95. The summed E-state index contributed by atoms with van der Waals surface area (Å²) >= 11 is 0. The van der Waals surface area contributed by atoms with Gasteiger partial charge in [0.25, 0.3) is 0 Å². The Kier molecular flexibility index (Phi) is 5.61. The first-order valence-electron chi connectivity index (χ1n) is 7.37. The lowest BCUT2D eigenvalue weighted by Gasteiger charge is -2.33. The van der Waals surface area contributed by atoms with Crippen molar-refractivity contribution >= 4 is 15.5 Å². The number of sulfone groups is 1. The van der Waals surface area contributed by atoms with Crippen LogP contribution in [0, 0.1) is 0 Å². The molecule has 0 aromatic heterocycles. The molecule has 0 radical (unpaired) electrons. The number of aliphatic hydroxyl groups excluding tert-OH is 1. The van der Waals surface area contributed by atoms with Crippen molar-refractivity contribution in [3.8, 4) is 0 Å². The highest BCUT2D eigenvalue weighted by Crippen LogP contribution is 2.23. The average molecular weight is 313 g/mol. The first-order chi connectivity index (χ1) is 10.1. The van der Waals surface area contributed by atoms with Gasteiger partial charge >= 0.3 is 0 Å². The Morgan fingerprint density at radius 1 is 1.24 bits per heavy atom. The van der Waals surface area contributed by atoms with E-state index in [9.17, 15) is 8.42 Å². The lowest BCUT2D eigenvalue weighted by molar-refractivity contribution is 0.0159. The Bertz CT molecular complexity index is 533. The molecular formula is C15H23NO4S. The fourth-order valence-electron chi connectivity index (χ4n) is 2.53. The molecule has 1 N–H and O–H groups in total. The molecule has 1 heterocycles. The van der Waals surface area contributed by atoms with Gasteiger partial charge in [-0.3, -0.25) is 0 Å². The number of rotatable bonds is 6. The van der Waals surface area contributed by atoms with E-state index in [0.717, 1.165) is 31.6 Å². The predicted octanol–water partition coefficient (Wildman–Crippen LogP) is 1.46. The van der Waals surface area contributed by atoms with E-state index < -0.39 is 9.84 Å². The summed E-state index contributed by atoms with van der Waals surface area (Å²) in [6, 6.07) is 7.11. The van der Waals surface area contributed by atoms with Crippen LogP contribution in [0.1, 0.15) is 19.8 Å². The molecule has 0 amide bonds. The van der Waals surface area contributed by atoms with Crippen LogP contribution in [-0.2, 0) is 14.6 Å². The lowest BCUT2D eigenvalue weighted by Crippen LogP contribution is -2.37. The number of ether oxygens (including phenoxy) is 1. The monoisotopic (exact) mass is 313 g/mol. The van der Waals surface area contributed by atoms with Crippen LogP contribution in [0.3, 0.4) is 0 Å². The van der Waals surface area contributed by atoms with Crippen LogP contribution in [0.5, 0.6) is 0 Å². The van der Waals surface area contributed by atoms with Crippen molar-refractivity contribution in [1.29, 1.82) is 0 Å². The fraction of sp³-hybridized carbons (Fsp3) is 0.600. The van der Waals surface area contributed by atoms with Gasteiger partial charge in [0, 0.05) is 18.8 Å². The Labute approximate surface area is 126 Å². The van der Waals surface area contributed by atoms with Crippen LogP contribution < -0.4 is 4.90 Å². The number of aliphatic hydroxyl groups is 1. The molecule has 1 aliphatic heterocycles. The van der Waals surface area contributed by atoms with Crippen LogP contribution in [0.15, 0.2) is 29.2 Å². The highest BCUT2D eigenvalue weighted by molar-refractivity contribution is 7.91. The fourth-order valence-corrected chi connectivity index (χ4v) is 3.42. The molecule has 0 spiro atoms. The summed E-state index contributed by atoms with van der Waals surface area (Å²) in [7, 11) is -3.13. The van der Waals surface area contributed by atoms with Crippen molar-refractivity contribution in [2.75, 3.05) is 37.0 Å². The van der Waals surface area contributed by atoms with Crippen LogP contribution in [0.2, 0.25) is 0 Å². The molecular weight excluding hydrogens is 290 g/mol. The summed E-state index contributed by atoms with van der Waals surface area (Å²) in [6.07, 6.45) is 2.07. The summed E-state index contributed by atoms with van der Waals surface area (Å²) in [5.74, 6) is 0.125. The second-order valence-corrected chi connectivity index (χ2v) is 7.46. The number of piperidine rings is 1. The Morgan fingerprint density at radius 2 is 1.86 bits per heavy atom. The van der Waals surface area contributed by atoms with Crippen LogP contribution in [0.4, 0.5) is 5.69 Å². The number of hydrogen-bond acceptors (Lipinski definition) is 5. The van der Waals surface area contributed by atoms with E-state index in [-0.39, 0.29) is 18.5 Å². The minimum atomic E-state index is -3.13. The van der Waals surface area contributed by atoms with Crippen molar-refractivity contribution in [3.63, 3.8) is 0 Å². The normalized spacial score (nSPS) is 17.1. The SMILES string of the molecule is CCS(=O)(=O)c1ccc(N2CCC(OCCO)CC2)cc1. The largest absolute Gasteiger partial charge is 0.394 e. The molecule has 118 valence electrons. The van der Waals surface area contributed by atoms with Gasteiger partial charge in [0.1, 0.15) is 0 Å². The van der Waals surface area contributed by atoms with Crippen molar-refractivity contribution in [1.82, 2.24) is 0 Å². The standard InChI is InChI=1S/C15H23NO4S/c1-2-21(18,19)15-5-3-13(4-6-15)16-9-7-14(8-10-16)20-12-11-17/h3-6,14,17H,2,7-12H2,1H3. The van der Waals surface area contributed by atoms with E-state index in [0.29, 0.717) is 11.5 Å². The van der Waals surface area contributed by atoms with Crippen LogP contribution in [0.25, 0.3) is 0 Å². The third-order valence-electron chi connectivity index (χ3n) is 3.83.